The van der Waals surface area contributed by atoms with Crippen molar-refractivity contribution in [3.05, 3.63) is 0 Å². The third-order valence-corrected chi connectivity index (χ3v) is 5.48. The number of hydrogen-bond donors (Lipinski definition) is 0. The molecule has 0 spiro atoms. The van der Waals surface area contributed by atoms with E-state index in [1.807, 2.05) is 0 Å². The Bertz CT molecular complexity index is 312. The Kier molecular flexibility index (Phi) is 5.05. The number of rotatable bonds is 3. The zero-order chi connectivity index (χ0) is 14.0. The first-order chi connectivity index (χ1) is 8.97. The number of carbonyl (C=O) groups is 1. The number of likely N-dealkylation sites (tertiary alicyclic amines) is 1. The first kappa shape index (κ1) is 15.0. The highest BCUT2D eigenvalue weighted by Gasteiger charge is 2.33. The van der Waals surface area contributed by atoms with Gasteiger partial charge in [-0.05, 0) is 56.9 Å². The molecule has 1 heterocycles. The van der Waals surface area contributed by atoms with Gasteiger partial charge in [-0.25, -0.2) is 0 Å². The monoisotopic (exact) mass is 265 g/mol. The summed E-state index contributed by atoms with van der Waals surface area (Å²) < 4.78 is 0. The third kappa shape index (κ3) is 3.81. The summed E-state index contributed by atoms with van der Waals surface area (Å²) in [4.78, 5) is 14.8. The second kappa shape index (κ2) is 6.39. The van der Waals surface area contributed by atoms with Gasteiger partial charge in [0, 0.05) is 24.9 Å². The molecule has 4 atom stereocenters. The number of ketones is 1. The topological polar surface area (TPSA) is 20.3 Å². The molecule has 2 aliphatic rings. The number of Topliss-reactive ketones (excluding diaryl/α,β-unsaturated/α-hetero) is 1. The Morgan fingerprint density at radius 2 is 1.95 bits per heavy atom. The van der Waals surface area contributed by atoms with E-state index in [1.54, 1.807) is 0 Å². The van der Waals surface area contributed by atoms with E-state index >= 15 is 0 Å². The van der Waals surface area contributed by atoms with Crippen LogP contribution in [-0.4, -0.2) is 29.8 Å². The fourth-order valence-electron chi connectivity index (χ4n) is 3.94. The van der Waals surface area contributed by atoms with E-state index in [4.69, 9.17) is 0 Å². The molecule has 4 unspecified atom stereocenters. The van der Waals surface area contributed by atoms with Crippen molar-refractivity contribution in [3.63, 3.8) is 0 Å². The minimum absolute atomic E-state index is 0.317. The first-order valence-electron chi connectivity index (χ1n) is 8.24. The maximum Gasteiger partial charge on any atom is 0.137 e. The minimum Gasteiger partial charge on any atom is -0.300 e. The van der Waals surface area contributed by atoms with Crippen LogP contribution in [0.1, 0.15) is 59.8 Å². The summed E-state index contributed by atoms with van der Waals surface area (Å²) in [5, 5.41) is 0. The average Bonchev–Trinajstić information content (AvgIpc) is 2.34. The summed E-state index contributed by atoms with van der Waals surface area (Å²) in [6, 6.07) is 0.663. The SMILES string of the molecule is CC1CCN(CC2CC(C(C)C)CCC2=O)C(C)C1. The molecule has 0 aromatic rings. The van der Waals surface area contributed by atoms with E-state index in [0.717, 1.165) is 43.6 Å². The Labute approximate surface area is 118 Å². The molecule has 1 saturated carbocycles. The van der Waals surface area contributed by atoms with E-state index in [0.29, 0.717) is 17.7 Å². The summed E-state index contributed by atoms with van der Waals surface area (Å²) in [5.41, 5.74) is 0. The molecule has 110 valence electrons. The van der Waals surface area contributed by atoms with Crippen LogP contribution >= 0.6 is 0 Å². The lowest BCUT2D eigenvalue weighted by Crippen LogP contribution is -2.45. The summed E-state index contributed by atoms with van der Waals surface area (Å²) in [7, 11) is 0. The number of carbonyl (C=O) groups excluding carboxylic acids is 1. The van der Waals surface area contributed by atoms with Crippen molar-refractivity contribution < 1.29 is 4.79 Å². The molecule has 2 fully saturated rings. The quantitative estimate of drug-likeness (QED) is 0.774. The summed E-state index contributed by atoms with van der Waals surface area (Å²) in [5.74, 6) is 3.20. The largest absolute Gasteiger partial charge is 0.300 e. The molecule has 1 saturated heterocycles. The van der Waals surface area contributed by atoms with Crippen LogP contribution in [0.3, 0.4) is 0 Å². The third-order valence-electron chi connectivity index (χ3n) is 5.48. The summed E-state index contributed by atoms with van der Waals surface area (Å²) in [6.45, 7) is 11.5. The number of nitrogens with zero attached hydrogens (tertiary/aromatic N) is 1. The van der Waals surface area contributed by atoms with Crippen LogP contribution in [0.4, 0.5) is 0 Å². The van der Waals surface area contributed by atoms with Gasteiger partial charge < -0.3 is 0 Å². The Hall–Kier alpha value is -0.370. The molecule has 19 heavy (non-hydrogen) atoms. The molecule has 2 heteroatoms. The van der Waals surface area contributed by atoms with Gasteiger partial charge in [0.1, 0.15) is 5.78 Å². The molecule has 1 aliphatic carbocycles. The molecule has 2 nitrogen and oxygen atoms in total. The van der Waals surface area contributed by atoms with Gasteiger partial charge in [-0.2, -0.15) is 0 Å². The van der Waals surface area contributed by atoms with Gasteiger partial charge in [0.25, 0.3) is 0 Å². The van der Waals surface area contributed by atoms with Crippen LogP contribution in [0.15, 0.2) is 0 Å². The normalized spacial score (nSPS) is 37.8. The van der Waals surface area contributed by atoms with Crippen molar-refractivity contribution >= 4 is 5.78 Å². The zero-order valence-corrected chi connectivity index (χ0v) is 13.2. The number of hydrogen-bond acceptors (Lipinski definition) is 2. The maximum atomic E-state index is 12.2. The summed E-state index contributed by atoms with van der Waals surface area (Å²) in [6.07, 6.45) is 5.69. The van der Waals surface area contributed by atoms with Crippen LogP contribution in [0.5, 0.6) is 0 Å². The van der Waals surface area contributed by atoms with Crippen LogP contribution in [0, 0.1) is 23.7 Å². The van der Waals surface area contributed by atoms with Crippen molar-refractivity contribution in [1.29, 1.82) is 0 Å². The molecular formula is C17H31NO. The van der Waals surface area contributed by atoms with Crippen molar-refractivity contribution in [1.82, 2.24) is 4.90 Å². The smallest absolute Gasteiger partial charge is 0.137 e. The molecule has 0 amide bonds. The van der Waals surface area contributed by atoms with E-state index in [1.165, 1.54) is 19.4 Å². The first-order valence-corrected chi connectivity index (χ1v) is 8.24. The van der Waals surface area contributed by atoms with Crippen LogP contribution in [0.25, 0.3) is 0 Å². The molecule has 2 rings (SSSR count). The van der Waals surface area contributed by atoms with E-state index in [2.05, 4.69) is 32.6 Å². The van der Waals surface area contributed by atoms with Gasteiger partial charge in [-0.1, -0.05) is 20.8 Å². The van der Waals surface area contributed by atoms with Crippen LogP contribution < -0.4 is 0 Å². The van der Waals surface area contributed by atoms with E-state index in [9.17, 15) is 4.79 Å². The van der Waals surface area contributed by atoms with Gasteiger partial charge in [0.15, 0.2) is 0 Å². The minimum atomic E-state index is 0.317. The fraction of sp³-hybridized carbons (Fsp3) is 0.941. The zero-order valence-electron chi connectivity index (χ0n) is 13.2. The van der Waals surface area contributed by atoms with Crippen molar-refractivity contribution in [3.8, 4) is 0 Å². The van der Waals surface area contributed by atoms with Crippen LogP contribution in [-0.2, 0) is 4.79 Å². The second-order valence-corrected chi connectivity index (χ2v) is 7.42. The van der Waals surface area contributed by atoms with Crippen molar-refractivity contribution in [2.45, 2.75) is 65.8 Å². The van der Waals surface area contributed by atoms with Gasteiger partial charge in [0.05, 0.1) is 0 Å². The lowest BCUT2D eigenvalue weighted by Gasteiger charge is -2.40. The standard InChI is InChI=1S/C17H31NO/c1-12(2)15-5-6-17(19)16(10-15)11-18-8-7-13(3)9-14(18)4/h12-16H,5-11H2,1-4H3. The molecule has 0 aromatic heterocycles. The molecule has 0 aromatic carbocycles. The highest BCUT2D eigenvalue weighted by molar-refractivity contribution is 5.82. The lowest BCUT2D eigenvalue weighted by atomic mass is 9.75. The van der Waals surface area contributed by atoms with Crippen LogP contribution in [0.2, 0.25) is 0 Å². The number of piperidine rings is 1. The highest BCUT2D eigenvalue weighted by atomic mass is 16.1. The van der Waals surface area contributed by atoms with Crippen molar-refractivity contribution in [2.75, 3.05) is 13.1 Å². The van der Waals surface area contributed by atoms with Crippen molar-refractivity contribution in [2.24, 2.45) is 23.7 Å². The van der Waals surface area contributed by atoms with E-state index in [-0.39, 0.29) is 0 Å². The van der Waals surface area contributed by atoms with Gasteiger partial charge >= 0.3 is 0 Å². The molecule has 0 N–H and O–H groups in total. The molecule has 0 radical (unpaired) electrons. The Morgan fingerprint density at radius 3 is 2.58 bits per heavy atom. The second-order valence-electron chi connectivity index (χ2n) is 7.42. The lowest BCUT2D eigenvalue weighted by molar-refractivity contribution is -0.127. The maximum absolute atomic E-state index is 12.2. The van der Waals surface area contributed by atoms with Gasteiger partial charge in [-0.3, -0.25) is 9.69 Å². The van der Waals surface area contributed by atoms with E-state index < -0.39 is 0 Å². The Morgan fingerprint density at radius 1 is 1.21 bits per heavy atom. The predicted molar refractivity (Wildman–Crippen MR) is 80.1 cm³/mol. The van der Waals surface area contributed by atoms with Gasteiger partial charge in [0.2, 0.25) is 0 Å². The summed E-state index contributed by atoms with van der Waals surface area (Å²) >= 11 is 0. The highest BCUT2D eigenvalue weighted by Crippen LogP contribution is 2.33. The molecular weight excluding hydrogens is 234 g/mol. The average molecular weight is 265 g/mol. The molecule has 0 bridgehead atoms. The fourth-order valence-corrected chi connectivity index (χ4v) is 3.94. The van der Waals surface area contributed by atoms with Gasteiger partial charge in [-0.15, -0.1) is 0 Å². The Balaban J connectivity index is 1.91. The predicted octanol–water partition coefficient (Wildman–Crippen LogP) is 3.75. The molecule has 1 aliphatic heterocycles.